The fourth-order valence-corrected chi connectivity index (χ4v) is 3.76. The lowest BCUT2D eigenvalue weighted by atomic mass is 9.78. The summed E-state index contributed by atoms with van der Waals surface area (Å²) in [5.74, 6) is 0. The summed E-state index contributed by atoms with van der Waals surface area (Å²) in [7, 11) is -0.343. The quantitative estimate of drug-likeness (QED) is 0.655. The molecule has 1 aliphatic heterocycles. The van der Waals surface area contributed by atoms with Crippen LogP contribution in [0.25, 0.3) is 20.8 Å². The molecule has 0 radical (unpaired) electrons. The number of fused-ring (bicyclic) bond motifs is 1. The molecule has 0 atom stereocenters. The van der Waals surface area contributed by atoms with E-state index in [1.807, 2.05) is 24.3 Å². The lowest BCUT2D eigenvalue weighted by Crippen LogP contribution is -2.41. The predicted molar refractivity (Wildman–Crippen MR) is 101 cm³/mol. The zero-order chi connectivity index (χ0) is 16.9. The van der Waals surface area contributed by atoms with Gasteiger partial charge in [0.15, 0.2) is 0 Å². The molecule has 1 aliphatic rings. The van der Waals surface area contributed by atoms with Gasteiger partial charge in [0.1, 0.15) is 5.01 Å². The minimum absolute atomic E-state index is 0.330. The highest BCUT2D eigenvalue weighted by Gasteiger charge is 2.51. The maximum atomic E-state index is 6.16. The van der Waals surface area contributed by atoms with Gasteiger partial charge in [-0.25, -0.2) is 4.98 Å². The largest absolute Gasteiger partial charge is 0.494 e. The van der Waals surface area contributed by atoms with Crippen LogP contribution in [-0.4, -0.2) is 23.3 Å². The van der Waals surface area contributed by atoms with E-state index in [4.69, 9.17) is 14.3 Å². The summed E-state index contributed by atoms with van der Waals surface area (Å²) < 4.78 is 13.5. The van der Waals surface area contributed by atoms with Crippen LogP contribution in [0.2, 0.25) is 0 Å². The molecule has 3 aromatic rings. The molecule has 0 unspecified atom stereocenters. The highest BCUT2D eigenvalue weighted by atomic mass is 32.1. The third kappa shape index (κ3) is 2.57. The van der Waals surface area contributed by atoms with Gasteiger partial charge in [0.2, 0.25) is 0 Å². The van der Waals surface area contributed by atoms with Crippen LogP contribution in [0.3, 0.4) is 0 Å². The van der Waals surface area contributed by atoms with Crippen molar-refractivity contribution in [1.82, 2.24) is 4.98 Å². The molecule has 2 aromatic carbocycles. The summed E-state index contributed by atoms with van der Waals surface area (Å²) in [5.41, 5.74) is 2.51. The van der Waals surface area contributed by atoms with Crippen LogP contribution in [0, 0.1) is 0 Å². The van der Waals surface area contributed by atoms with Crippen LogP contribution in [0.4, 0.5) is 0 Å². The number of rotatable bonds is 2. The van der Waals surface area contributed by atoms with E-state index >= 15 is 0 Å². The van der Waals surface area contributed by atoms with Gasteiger partial charge in [-0.3, -0.25) is 0 Å². The van der Waals surface area contributed by atoms with Crippen molar-refractivity contribution < 1.29 is 9.31 Å². The molecule has 0 N–H and O–H groups in total. The topological polar surface area (TPSA) is 31.4 Å². The maximum Gasteiger partial charge on any atom is 0.494 e. The molecule has 1 aromatic heterocycles. The van der Waals surface area contributed by atoms with Crippen LogP contribution in [0.1, 0.15) is 27.7 Å². The first-order valence-corrected chi connectivity index (χ1v) is 8.99. The van der Waals surface area contributed by atoms with E-state index in [0.29, 0.717) is 0 Å². The normalized spacial score (nSPS) is 19.1. The maximum absolute atomic E-state index is 6.16. The number of nitrogens with zero attached hydrogens (tertiary/aromatic N) is 1. The van der Waals surface area contributed by atoms with Gasteiger partial charge in [-0.2, -0.15) is 0 Å². The third-order valence-electron chi connectivity index (χ3n) is 4.95. The van der Waals surface area contributed by atoms with E-state index < -0.39 is 0 Å². The highest BCUT2D eigenvalue weighted by Crippen LogP contribution is 2.37. The van der Waals surface area contributed by atoms with Gasteiger partial charge in [0, 0.05) is 5.56 Å². The van der Waals surface area contributed by atoms with E-state index in [-0.39, 0.29) is 18.3 Å². The van der Waals surface area contributed by atoms with E-state index in [9.17, 15) is 0 Å². The molecule has 1 fully saturated rings. The molecular weight excluding hydrogens is 317 g/mol. The lowest BCUT2D eigenvalue weighted by Gasteiger charge is -2.32. The first-order chi connectivity index (χ1) is 11.4. The Morgan fingerprint density at radius 1 is 0.917 bits per heavy atom. The first kappa shape index (κ1) is 15.8. The van der Waals surface area contributed by atoms with Crippen molar-refractivity contribution in [2.45, 2.75) is 38.9 Å². The Morgan fingerprint density at radius 2 is 1.62 bits per heavy atom. The van der Waals surface area contributed by atoms with Crippen LogP contribution in [0.5, 0.6) is 0 Å². The Labute approximate surface area is 146 Å². The average molecular weight is 337 g/mol. The summed E-state index contributed by atoms with van der Waals surface area (Å²) in [5, 5.41) is 1.02. The van der Waals surface area contributed by atoms with E-state index in [2.05, 4.69) is 52.0 Å². The van der Waals surface area contributed by atoms with Crippen LogP contribution in [0.15, 0.2) is 48.5 Å². The van der Waals surface area contributed by atoms with Crippen molar-refractivity contribution in [2.24, 2.45) is 0 Å². The average Bonchev–Trinajstić information content (AvgIpc) is 3.06. The zero-order valence-electron chi connectivity index (χ0n) is 14.4. The van der Waals surface area contributed by atoms with E-state index in [0.717, 1.165) is 21.6 Å². The molecule has 3 nitrogen and oxygen atoms in total. The SMILES string of the molecule is CC1(C)OB(c2cccc(-c3nc4ccccc4s3)c2)OC1(C)C. The molecule has 24 heavy (non-hydrogen) atoms. The molecule has 0 bridgehead atoms. The van der Waals surface area contributed by atoms with Gasteiger partial charge in [-0.15, -0.1) is 11.3 Å². The number of benzene rings is 2. The van der Waals surface area contributed by atoms with Gasteiger partial charge in [-0.05, 0) is 45.3 Å². The van der Waals surface area contributed by atoms with Gasteiger partial charge in [0.25, 0.3) is 0 Å². The minimum Gasteiger partial charge on any atom is -0.399 e. The van der Waals surface area contributed by atoms with Gasteiger partial charge < -0.3 is 9.31 Å². The summed E-state index contributed by atoms with van der Waals surface area (Å²) in [6.07, 6.45) is 0. The molecule has 4 rings (SSSR count). The van der Waals surface area contributed by atoms with Gasteiger partial charge in [-0.1, -0.05) is 36.4 Å². The predicted octanol–water partition coefficient (Wildman–Crippen LogP) is 4.26. The Balaban J connectivity index is 1.70. The monoisotopic (exact) mass is 337 g/mol. The second-order valence-electron chi connectivity index (χ2n) is 7.20. The second kappa shape index (κ2) is 5.41. The van der Waals surface area contributed by atoms with Gasteiger partial charge in [0.05, 0.1) is 21.4 Å². The molecule has 0 amide bonds. The fourth-order valence-electron chi connectivity index (χ4n) is 2.79. The van der Waals surface area contributed by atoms with Crippen molar-refractivity contribution >= 4 is 34.1 Å². The number of hydrogen-bond donors (Lipinski definition) is 0. The molecular formula is C19H20BNO2S. The Hall–Kier alpha value is -1.69. The van der Waals surface area contributed by atoms with Crippen LogP contribution < -0.4 is 5.46 Å². The Morgan fingerprint density at radius 3 is 2.33 bits per heavy atom. The molecule has 5 heteroatoms. The summed E-state index contributed by atoms with van der Waals surface area (Å²) >= 11 is 1.71. The lowest BCUT2D eigenvalue weighted by molar-refractivity contribution is 0.00578. The molecule has 122 valence electrons. The summed E-state index contributed by atoms with van der Waals surface area (Å²) in [6.45, 7) is 8.30. The molecule has 0 aliphatic carbocycles. The standard InChI is InChI=1S/C19H20BNO2S/c1-18(2)19(3,4)23-20(22-18)14-9-7-8-13(12-14)17-21-15-10-5-6-11-16(15)24-17/h5-12H,1-4H3. The zero-order valence-corrected chi connectivity index (χ0v) is 15.2. The Kier molecular flexibility index (Phi) is 3.57. The van der Waals surface area contributed by atoms with E-state index in [1.165, 1.54) is 4.70 Å². The smallest absolute Gasteiger partial charge is 0.399 e. The molecule has 0 spiro atoms. The van der Waals surface area contributed by atoms with Crippen molar-refractivity contribution in [3.63, 3.8) is 0 Å². The summed E-state index contributed by atoms with van der Waals surface area (Å²) in [4.78, 5) is 4.74. The van der Waals surface area contributed by atoms with Crippen molar-refractivity contribution in [2.75, 3.05) is 0 Å². The Bertz CT molecular complexity index is 854. The molecule has 0 saturated carbocycles. The van der Waals surface area contributed by atoms with Crippen molar-refractivity contribution in [3.8, 4) is 10.6 Å². The van der Waals surface area contributed by atoms with Crippen molar-refractivity contribution in [1.29, 1.82) is 0 Å². The van der Waals surface area contributed by atoms with E-state index in [1.54, 1.807) is 11.3 Å². The second-order valence-corrected chi connectivity index (χ2v) is 8.23. The number of hydrogen-bond acceptors (Lipinski definition) is 4. The number of thiazole rings is 1. The fraction of sp³-hybridized carbons (Fsp3) is 0.316. The number of aromatic nitrogens is 1. The highest BCUT2D eigenvalue weighted by molar-refractivity contribution is 7.21. The first-order valence-electron chi connectivity index (χ1n) is 8.17. The van der Waals surface area contributed by atoms with Crippen LogP contribution in [-0.2, 0) is 9.31 Å². The van der Waals surface area contributed by atoms with Crippen LogP contribution >= 0.6 is 11.3 Å². The molecule has 1 saturated heterocycles. The third-order valence-corrected chi connectivity index (χ3v) is 6.04. The summed E-state index contributed by atoms with van der Waals surface area (Å²) in [6, 6.07) is 16.5. The molecule has 2 heterocycles. The minimum atomic E-state index is -0.343. The van der Waals surface area contributed by atoms with Crippen molar-refractivity contribution in [3.05, 3.63) is 48.5 Å². The number of para-hydroxylation sites is 1. The van der Waals surface area contributed by atoms with Gasteiger partial charge >= 0.3 is 7.12 Å².